The van der Waals surface area contributed by atoms with E-state index in [1.807, 2.05) is 13.8 Å². The molecule has 0 aromatic carbocycles. The molecule has 0 aromatic rings. The molecule has 13 heavy (non-hydrogen) atoms. The summed E-state index contributed by atoms with van der Waals surface area (Å²) in [6, 6.07) is 0. The van der Waals surface area contributed by atoms with Crippen molar-refractivity contribution in [3.8, 4) is 0 Å². The maximum absolute atomic E-state index is 9.79. The van der Waals surface area contributed by atoms with Crippen LogP contribution in [0.5, 0.6) is 0 Å². The third-order valence-corrected chi connectivity index (χ3v) is 2.02. The molecule has 2 nitrogen and oxygen atoms in total. The molecule has 0 rings (SSSR count). The largest absolute Gasteiger partial charge is 0.389 e. The Labute approximate surface area is 82.0 Å². The summed E-state index contributed by atoms with van der Waals surface area (Å²) in [6.45, 7) is 11.4. The number of hydrogen-bond acceptors (Lipinski definition) is 2. The lowest BCUT2D eigenvalue weighted by atomic mass is 10.0. The summed E-state index contributed by atoms with van der Waals surface area (Å²) in [5.41, 5.74) is 0.631. The van der Waals surface area contributed by atoms with Gasteiger partial charge in [0.2, 0.25) is 0 Å². The summed E-state index contributed by atoms with van der Waals surface area (Å²) in [5, 5.41) is 13.0. The lowest BCUT2D eigenvalue weighted by molar-refractivity contribution is 0.0504. The second kappa shape index (κ2) is 6.17. The summed E-state index contributed by atoms with van der Waals surface area (Å²) in [4.78, 5) is 0. The normalized spacial score (nSPS) is 15.4. The first-order valence-corrected chi connectivity index (χ1v) is 5.05. The van der Waals surface area contributed by atoms with Crippen molar-refractivity contribution < 1.29 is 5.11 Å². The Balaban J connectivity index is 3.45. The van der Waals surface area contributed by atoms with Crippen molar-refractivity contribution >= 4 is 0 Å². The van der Waals surface area contributed by atoms with Crippen molar-refractivity contribution in [1.29, 1.82) is 0 Å². The lowest BCUT2D eigenvalue weighted by Crippen LogP contribution is -2.38. The zero-order valence-corrected chi connectivity index (χ0v) is 9.19. The maximum Gasteiger partial charge on any atom is 0.0743 e. The van der Waals surface area contributed by atoms with Crippen LogP contribution in [-0.4, -0.2) is 23.8 Å². The van der Waals surface area contributed by atoms with Gasteiger partial charge in [-0.2, -0.15) is 0 Å². The van der Waals surface area contributed by atoms with Crippen molar-refractivity contribution in [2.24, 2.45) is 0 Å². The molecule has 0 amide bonds. The molecular weight excluding hydrogens is 162 g/mol. The molecule has 0 heterocycles. The highest BCUT2D eigenvalue weighted by atomic mass is 16.3. The van der Waals surface area contributed by atoms with Crippen LogP contribution < -0.4 is 5.32 Å². The highest BCUT2D eigenvalue weighted by Crippen LogP contribution is 2.09. The van der Waals surface area contributed by atoms with Gasteiger partial charge in [0.25, 0.3) is 0 Å². The molecule has 0 spiro atoms. The van der Waals surface area contributed by atoms with E-state index in [-0.39, 0.29) is 0 Å². The van der Waals surface area contributed by atoms with Crippen LogP contribution in [0.25, 0.3) is 0 Å². The van der Waals surface area contributed by atoms with Gasteiger partial charge >= 0.3 is 0 Å². The summed E-state index contributed by atoms with van der Waals surface area (Å²) in [7, 11) is 0. The molecule has 0 saturated heterocycles. The van der Waals surface area contributed by atoms with Crippen molar-refractivity contribution in [3.05, 3.63) is 12.2 Å². The summed E-state index contributed by atoms with van der Waals surface area (Å²) in [5.74, 6) is 0. The van der Waals surface area contributed by atoms with Crippen LogP contribution in [-0.2, 0) is 0 Å². The first kappa shape index (κ1) is 12.7. The standard InChI is InChI=1S/C11H23NO/c1-5-7-11(4,13)9-12-8-6-10(2)3/h12-13H,2,5-9H2,1,3-4H3. The molecule has 0 bridgehead atoms. The molecule has 0 aliphatic carbocycles. The molecular formula is C11H23NO. The van der Waals surface area contributed by atoms with E-state index >= 15 is 0 Å². The molecule has 1 atom stereocenters. The van der Waals surface area contributed by atoms with Gasteiger partial charge in [-0.25, -0.2) is 0 Å². The molecule has 0 radical (unpaired) electrons. The average molecular weight is 185 g/mol. The van der Waals surface area contributed by atoms with Gasteiger partial charge in [0.15, 0.2) is 0 Å². The van der Waals surface area contributed by atoms with E-state index in [2.05, 4.69) is 18.8 Å². The smallest absolute Gasteiger partial charge is 0.0743 e. The van der Waals surface area contributed by atoms with Gasteiger partial charge in [-0.15, -0.1) is 6.58 Å². The molecule has 0 aliphatic heterocycles. The zero-order valence-electron chi connectivity index (χ0n) is 9.19. The van der Waals surface area contributed by atoms with Crippen LogP contribution in [0.3, 0.4) is 0 Å². The SMILES string of the molecule is C=C(C)CCNCC(C)(O)CCC. The van der Waals surface area contributed by atoms with Gasteiger partial charge in [0.05, 0.1) is 5.60 Å². The first-order chi connectivity index (χ1) is 5.98. The third kappa shape index (κ3) is 8.00. The molecule has 0 saturated carbocycles. The Hall–Kier alpha value is -0.340. The number of nitrogens with one attached hydrogen (secondary N) is 1. The molecule has 0 fully saturated rings. The lowest BCUT2D eigenvalue weighted by Gasteiger charge is -2.23. The van der Waals surface area contributed by atoms with Crippen molar-refractivity contribution in [1.82, 2.24) is 5.32 Å². The molecule has 0 aliphatic rings. The minimum absolute atomic E-state index is 0.552. The highest BCUT2D eigenvalue weighted by molar-refractivity contribution is 4.88. The minimum atomic E-state index is -0.552. The predicted octanol–water partition coefficient (Wildman–Crippen LogP) is 2.09. The number of aliphatic hydroxyl groups is 1. The van der Waals surface area contributed by atoms with Gasteiger partial charge in [0.1, 0.15) is 0 Å². The first-order valence-electron chi connectivity index (χ1n) is 5.05. The van der Waals surface area contributed by atoms with E-state index in [0.29, 0.717) is 6.54 Å². The fraction of sp³-hybridized carbons (Fsp3) is 0.818. The van der Waals surface area contributed by atoms with Crippen molar-refractivity contribution in [3.63, 3.8) is 0 Å². The van der Waals surface area contributed by atoms with E-state index in [0.717, 1.165) is 25.8 Å². The second-order valence-corrected chi connectivity index (χ2v) is 4.13. The molecule has 2 N–H and O–H groups in total. The average Bonchev–Trinajstić information content (AvgIpc) is 1.98. The van der Waals surface area contributed by atoms with Crippen LogP contribution in [0.15, 0.2) is 12.2 Å². The Bertz CT molecular complexity index is 152. The van der Waals surface area contributed by atoms with Crippen LogP contribution in [0.2, 0.25) is 0 Å². The fourth-order valence-corrected chi connectivity index (χ4v) is 1.29. The zero-order chi connectivity index (χ0) is 10.3. The van der Waals surface area contributed by atoms with E-state index in [1.54, 1.807) is 0 Å². The molecule has 2 heteroatoms. The Morgan fingerprint density at radius 3 is 2.62 bits per heavy atom. The predicted molar refractivity (Wildman–Crippen MR) is 57.8 cm³/mol. The van der Waals surface area contributed by atoms with E-state index in [1.165, 1.54) is 5.57 Å². The van der Waals surface area contributed by atoms with E-state index in [4.69, 9.17) is 0 Å². The maximum atomic E-state index is 9.79. The van der Waals surface area contributed by atoms with Gasteiger partial charge in [-0.05, 0) is 33.2 Å². The van der Waals surface area contributed by atoms with E-state index < -0.39 is 5.60 Å². The molecule has 78 valence electrons. The second-order valence-electron chi connectivity index (χ2n) is 4.13. The minimum Gasteiger partial charge on any atom is -0.389 e. The van der Waals surface area contributed by atoms with Crippen LogP contribution in [0.1, 0.15) is 40.0 Å². The van der Waals surface area contributed by atoms with Gasteiger partial charge in [0, 0.05) is 6.54 Å². The quantitative estimate of drug-likeness (QED) is 0.470. The van der Waals surface area contributed by atoms with Crippen LogP contribution in [0.4, 0.5) is 0 Å². The van der Waals surface area contributed by atoms with Gasteiger partial charge in [-0.3, -0.25) is 0 Å². The van der Waals surface area contributed by atoms with Crippen LogP contribution in [0, 0.1) is 0 Å². The van der Waals surface area contributed by atoms with Crippen LogP contribution >= 0.6 is 0 Å². The van der Waals surface area contributed by atoms with E-state index in [9.17, 15) is 5.11 Å². The Morgan fingerprint density at radius 1 is 1.54 bits per heavy atom. The summed E-state index contributed by atoms with van der Waals surface area (Å²) < 4.78 is 0. The fourth-order valence-electron chi connectivity index (χ4n) is 1.29. The van der Waals surface area contributed by atoms with Crippen molar-refractivity contribution in [2.75, 3.05) is 13.1 Å². The Morgan fingerprint density at radius 2 is 2.15 bits per heavy atom. The number of rotatable bonds is 7. The van der Waals surface area contributed by atoms with Crippen molar-refractivity contribution in [2.45, 2.75) is 45.6 Å². The topological polar surface area (TPSA) is 32.3 Å². The molecule has 0 aromatic heterocycles. The monoisotopic (exact) mass is 185 g/mol. The summed E-state index contributed by atoms with van der Waals surface area (Å²) in [6.07, 6.45) is 2.87. The molecule has 1 unspecified atom stereocenters. The summed E-state index contributed by atoms with van der Waals surface area (Å²) >= 11 is 0. The number of hydrogen-bond donors (Lipinski definition) is 2. The highest BCUT2D eigenvalue weighted by Gasteiger charge is 2.17. The van der Waals surface area contributed by atoms with Gasteiger partial charge < -0.3 is 10.4 Å². The third-order valence-electron chi connectivity index (χ3n) is 2.02. The van der Waals surface area contributed by atoms with Gasteiger partial charge in [-0.1, -0.05) is 18.9 Å². The Kier molecular flexibility index (Phi) is 6.00.